The molecule has 0 unspecified atom stereocenters. The molecule has 92 valence electrons. The summed E-state index contributed by atoms with van der Waals surface area (Å²) < 4.78 is 5.76. The quantitative estimate of drug-likeness (QED) is 0.582. The lowest BCUT2D eigenvalue weighted by atomic mass is 9.93. The number of hydrogen-bond donors (Lipinski definition) is 3. The molecule has 0 radical (unpaired) electrons. The molecule has 16 heavy (non-hydrogen) atoms. The first-order valence-corrected chi connectivity index (χ1v) is 6.14. The molecule has 2 aliphatic rings. The zero-order valence-electron chi connectivity index (χ0n) is 8.79. The minimum atomic E-state index is -1.15. The molecule has 1 fully saturated rings. The molecule has 5 nitrogen and oxygen atoms in total. The van der Waals surface area contributed by atoms with E-state index in [-0.39, 0.29) is 6.04 Å². The molecular formula is C10H16BrNO4. The molecule has 1 saturated heterocycles. The lowest BCUT2D eigenvalue weighted by Gasteiger charge is -2.40. The normalized spacial score (nSPS) is 41.9. The Morgan fingerprint density at radius 1 is 1.19 bits per heavy atom. The van der Waals surface area contributed by atoms with Gasteiger partial charge in [-0.25, -0.2) is 0 Å². The highest BCUT2D eigenvalue weighted by Crippen LogP contribution is 2.27. The maximum atomic E-state index is 9.92. The van der Waals surface area contributed by atoms with Crippen molar-refractivity contribution in [3.63, 3.8) is 0 Å². The molecule has 4 atom stereocenters. The molecule has 1 aliphatic heterocycles. The van der Waals surface area contributed by atoms with Crippen LogP contribution in [0.3, 0.4) is 0 Å². The van der Waals surface area contributed by atoms with Crippen molar-refractivity contribution in [1.82, 2.24) is 4.90 Å². The molecule has 1 aliphatic carbocycles. The van der Waals surface area contributed by atoms with E-state index in [2.05, 4.69) is 15.9 Å². The Morgan fingerprint density at radius 3 is 2.44 bits per heavy atom. The van der Waals surface area contributed by atoms with Gasteiger partial charge in [0, 0.05) is 17.6 Å². The number of halogens is 1. The zero-order chi connectivity index (χ0) is 11.7. The maximum Gasteiger partial charge on any atom is 0.114 e. The van der Waals surface area contributed by atoms with Gasteiger partial charge < -0.3 is 20.1 Å². The van der Waals surface area contributed by atoms with Gasteiger partial charge in [-0.05, 0) is 0 Å². The first-order valence-electron chi connectivity index (χ1n) is 5.34. The minimum absolute atomic E-state index is 0.267. The summed E-state index contributed by atoms with van der Waals surface area (Å²) in [6.45, 7) is 2.71. The van der Waals surface area contributed by atoms with E-state index in [4.69, 9.17) is 4.74 Å². The summed E-state index contributed by atoms with van der Waals surface area (Å²) >= 11 is 3.21. The molecule has 0 saturated carbocycles. The van der Waals surface area contributed by atoms with Gasteiger partial charge in [-0.3, -0.25) is 4.90 Å². The monoisotopic (exact) mass is 293 g/mol. The molecule has 0 aromatic carbocycles. The number of aliphatic hydroxyl groups excluding tert-OH is 3. The van der Waals surface area contributed by atoms with E-state index in [1.165, 1.54) is 0 Å². The zero-order valence-corrected chi connectivity index (χ0v) is 10.4. The van der Waals surface area contributed by atoms with Crippen molar-refractivity contribution in [2.75, 3.05) is 26.3 Å². The van der Waals surface area contributed by atoms with Crippen LogP contribution in [0, 0.1) is 0 Å². The van der Waals surface area contributed by atoms with E-state index in [1.807, 2.05) is 4.90 Å². The Labute approximate surface area is 102 Å². The van der Waals surface area contributed by atoms with Gasteiger partial charge in [0.1, 0.15) is 18.3 Å². The molecule has 3 N–H and O–H groups in total. The fourth-order valence-corrected chi connectivity index (χ4v) is 2.65. The van der Waals surface area contributed by atoms with Crippen molar-refractivity contribution in [2.24, 2.45) is 0 Å². The topological polar surface area (TPSA) is 73.2 Å². The van der Waals surface area contributed by atoms with Gasteiger partial charge in [0.25, 0.3) is 0 Å². The van der Waals surface area contributed by atoms with E-state index >= 15 is 0 Å². The second kappa shape index (κ2) is 5.12. The highest BCUT2D eigenvalue weighted by atomic mass is 79.9. The van der Waals surface area contributed by atoms with E-state index in [9.17, 15) is 15.3 Å². The van der Waals surface area contributed by atoms with Gasteiger partial charge in [0.15, 0.2) is 0 Å². The SMILES string of the molecule is O[C@H]1[C@H](O)[C@@H](N2CCOCC2)C=C(Br)[C@H]1O. The molecule has 0 aromatic heterocycles. The van der Waals surface area contributed by atoms with E-state index in [0.717, 1.165) is 13.1 Å². The average molecular weight is 294 g/mol. The summed E-state index contributed by atoms with van der Waals surface area (Å²) in [5.41, 5.74) is 0. The second-order valence-corrected chi connectivity index (χ2v) is 5.03. The maximum absolute atomic E-state index is 9.92. The standard InChI is InChI=1S/C10H16BrNO4/c11-6-5-7(9(14)10(15)8(6)13)12-1-3-16-4-2-12/h5,7-10,13-15H,1-4H2/t7-,8+,9+,10+/m0/s1. The summed E-state index contributed by atoms with van der Waals surface area (Å²) in [7, 11) is 0. The predicted octanol–water partition coefficient (Wildman–Crippen LogP) is -0.938. The van der Waals surface area contributed by atoms with Gasteiger partial charge in [0.2, 0.25) is 0 Å². The molecular weight excluding hydrogens is 278 g/mol. The first-order chi connectivity index (χ1) is 7.61. The van der Waals surface area contributed by atoms with Crippen LogP contribution in [-0.2, 0) is 4.74 Å². The molecule has 6 heteroatoms. The van der Waals surface area contributed by atoms with Crippen LogP contribution in [0.4, 0.5) is 0 Å². The molecule has 0 bridgehead atoms. The number of hydrogen-bond acceptors (Lipinski definition) is 5. The third kappa shape index (κ3) is 2.32. The van der Waals surface area contributed by atoms with Crippen LogP contribution in [0.5, 0.6) is 0 Å². The summed E-state index contributed by atoms with van der Waals surface area (Å²) in [5.74, 6) is 0. The predicted molar refractivity (Wildman–Crippen MR) is 61.2 cm³/mol. The minimum Gasteiger partial charge on any atom is -0.388 e. The van der Waals surface area contributed by atoms with Crippen LogP contribution in [0.25, 0.3) is 0 Å². The molecule has 0 aromatic rings. The molecule has 0 spiro atoms. The van der Waals surface area contributed by atoms with Crippen molar-refractivity contribution >= 4 is 15.9 Å². The number of aliphatic hydroxyl groups is 3. The highest BCUT2D eigenvalue weighted by molar-refractivity contribution is 9.11. The van der Waals surface area contributed by atoms with Gasteiger partial charge in [0.05, 0.1) is 19.3 Å². The van der Waals surface area contributed by atoms with Crippen molar-refractivity contribution < 1.29 is 20.1 Å². The molecule has 0 amide bonds. The lowest BCUT2D eigenvalue weighted by Crippen LogP contribution is -2.56. The summed E-state index contributed by atoms with van der Waals surface area (Å²) in [6.07, 6.45) is -1.39. The fourth-order valence-electron chi connectivity index (χ4n) is 2.11. The Bertz CT molecular complexity index is 280. The second-order valence-electron chi connectivity index (χ2n) is 4.12. The first kappa shape index (κ1) is 12.5. The van der Waals surface area contributed by atoms with Crippen molar-refractivity contribution in [1.29, 1.82) is 0 Å². The Hall–Kier alpha value is 0.0200. The van der Waals surface area contributed by atoms with Crippen LogP contribution in [0.15, 0.2) is 10.6 Å². The van der Waals surface area contributed by atoms with Gasteiger partial charge in [-0.1, -0.05) is 22.0 Å². The van der Waals surface area contributed by atoms with E-state index in [1.54, 1.807) is 6.08 Å². The van der Waals surface area contributed by atoms with Gasteiger partial charge >= 0.3 is 0 Å². The molecule has 2 rings (SSSR count). The van der Waals surface area contributed by atoms with Crippen molar-refractivity contribution in [3.8, 4) is 0 Å². The largest absolute Gasteiger partial charge is 0.388 e. The summed E-state index contributed by atoms with van der Waals surface area (Å²) in [4.78, 5) is 2.05. The number of ether oxygens (including phenoxy) is 1. The van der Waals surface area contributed by atoms with Crippen molar-refractivity contribution in [2.45, 2.75) is 24.4 Å². The highest BCUT2D eigenvalue weighted by Gasteiger charge is 2.39. The third-order valence-corrected chi connectivity index (χ3v) is 3.84. The van der Waals surface area contributed by atoms with Crippen LogP contribution < -0.4 is 0 Å². The van der Waals surface area contributed by atoms with Gasteiger partial charge in [-0.2, -0.15) is 0 Å². The van der Waals surface area contributed by atoms with E-state index in [0.29, 0.717) is 17.7 Å². The van der Waals surface area contributed by atoms with E-state index < -0.39 is 18.3 Å². The third-order valence-electron chi connectivity index (χ3n) is 3.10. The Kier molecular flexibility index (Phi) is 3.99. The van der Waals surface area contributed by atoms with Crippen LogP contribution in [-0.4, -0.2) is 70.9 Å². The Balaban J connectivity index is 2.13. The van der Waals surface area contributed by atoms with Crippen LogP contribution in [0.2, 0.25) is 0 Å². The van der Waals surface area contributed by atoms with Crippen LogP contribution >= 0.6 is 15.9 Å². The van der Waals surface area contributed by atoms with Crippen molar-refractivity contribution in [3.05, 3.63) is 10.6 Å². The van der Waals surface area contributed by atoms with Gasteiger partial charge in [-0.15, -0.1) is 0 Å². The number of nitrogens with zero attached hydrogens (tertiary/aromatic N) is 1. The number of rotatable bonds is 1. The molecule has 1 heterocycles. The summed E-state index contributed by atoms with van der Waals surface area (Å²) in [5, 5.41) is 29.2. The summed E-state index contributed by atoms with van der Waals surface area (Å²) in [6, 6.07) is -0.267. The Morgan fingerprint density at radius 2 is 1.81 bits per heavy atom. The average Bonchev–Trinajstić information content (AvgIpc) is 2.32. The van der Waals surface area contributed by atoms with Crippen LogP contribution in [0.1, 0.15) is 0 Å². The fraction of sp³-hybridized carbons (Fsp3) is 0.800. The lowest BCUT2D eigenvalue weighted by molar-refractivity contribution is -0.0894. The smallest absolute Gasteiger partial charge is 0.114 e. The number of morpholine rings is 1.